The number of anilines is 1. The summed E-state index contributed by atoms with van der Waals surface area (Å²) in [6.07, 6.45) is 4.04. The van der Waals surface area contributed by atoms with Crippen LogP contribution >= 0.6 is 0 Å². The molecule has 0 aliphatic heterocycles. The first-order valence-electron chi connectivity index (χ1n) is 6.22. The summed E-state index contributed by atoms with van der Waals surface area (Å²) < 4.78 is 0. The van der Waals surface area contributed by atoms with E-state index in [1.165, 1.54) is 0 Å². The Balaban J connectivity index is 2.23. The summed E-state index contributed by atoms with van der Waals surface area (Å²) in [4.78, 5) is 16.3. The van der Waals surface area contributed by atoms with Crippen molar-refractivity contribution in [3.05, 3.63) is 59.4 Å². The van der Waals surface area contributed by atoms with E-state index in [4.69, 9.17) is 5.73 Å². The molecule has 0 spiro atoms. The molecule has 2 rings (SSSR count). The number of rotatable bonds is 4. The highest BCUT2D eigenvalue weighted by Crippen LogP contribution is 2.15. The third-order valence-corrected chi connectivity index (χ3v) is 2.96. The number of aryl methyl sites for hydroxylation is 1. The van der Waals surface area contributed by atoms with Crippen molar-refractivity contribution in [2.45, 2.75) is 13.3 Å². The number of pyridine rings is 1. The number of hydrogen-bond donors (Lipinski definition) is 2. The molecule has 19 heavy (non-hydrogen) atoms. The van der Waals surface area contributed by atoms with Gasteiger partial charge < -0.3 is 11.1 Å². The standard InChI is InChI=1S/C15H17N3O/c1-11-7-9-17-10-14(11)18-15(19)13-5-3-2-4-12(13)6-8-16/h2-5,7,9-10H,6,8,16H2,1H3,(H,18,19). The summed E-state index contributed by atoms with van der Waals surface area (Å²) in [5.74, 6) is -0.125. The Kier molecular flexibility index (Phi) is 4.26. The predicted octanol–water partition coefficient (Wildman–Crippen LogP) is 2.14. The van der Waals surface area contributed by atoms with Crippen molar-refractivity contribution >= 4 is 11.6 Å². The SMILES string of the molecule is Cc1ccncc1NC(=O)c1ccccc1CCN. The Morgan fingerprint density at radius 2 is 2.11 bits per heavy atom. The van der Waals surface area contributed by atoms with Gasteiger partial charge in [0.1, 0.15) is 0 Å². The lowest BCUT2D eigenvalue weighted by atomic mass is 10.0. The number of hydrogen-bond acceptors (Lipinski definition) is 3. The minimum atomic E-state index is -0.125. The number of aromatic nitrogens is 1. The van der Waals surface area contributed by atoms with Gasteiger partial charge in [-0.1, -0.05) is 18.2 Å². The zero-order valence-corrected chi connectivity index (χ0v) is 10.9. The second-order valence-electron chi connectivity index (χ2n) is 4.34. The van der Waals surface area contributed by atoms with Gasteiger partial charge in [-0.3, -0.25) is 9.78 Å². The van der Waals surface area contributed by atoms with Crippen LogP contribution in [0.2, 0.25) is 0 Å². The molecule has 0 aliphatic rings. The van der Waals surface area contributed by atoms with E-state index in [1.54, 1.807) is 12.4 Å². The Morgan fingerprint density at radius 3 is 2.84 bits per heavy atom. The second-order valence-corrected chi connectivity index (χ2v) is 4.34. The molecule has 4 heteroatoms. The van der Waals surface area contributed by atoms with E-state index >= 15 is 0 Å². The van der Waals surface area contributed by atoms with Gasteiger partial charge >= 0.3 is 0 Å². The zero-order valence-electron chi connectivity index (χ0n) is 10.9. The van der Waals surface area contributed by atoms with Crippen molar-refractivity contribution in [3.8, 4) is 0 Å². The van der Waals surface area contributed by atoms with Crippen molar-refractivity contribution in [1.82, 2.24) is 4.98 Å². The normalized spacial score (nSPS) is 10.2. The van der Waals surface area contributed by atoms with E-state index in [0.29, 0.717) is 18.5 Å². The van der Waals surface area contributed by atoms with E-state index in [0.717, 1.165) is 16.8 Å². The molecule has 0 fully saturated rings. The molecule has 98 valence electrons. The quantitative estimate of drug-likeness (QED) is 0.879. The van der Waals surface area contributed by atoms with Crippen molar-refractivity contribution in [2.24, 2.45) is 5.73 Å². The van der Waals surface area contributed by atoms with Crippen molar-refractivity contribution in [1.29, 1.82) is 0 Å². The highest BCUT2D eigenvalue weighted by molar-refractivity contribution is 6.05. The lowest BCUT2D eigenvalue weighted by molar-refractivity contribution is 0.102. The van der Waals surface area contributed by atoms with E-state index in [9.17, 15) is 4.79 Å². The van der Waals surface area contributed by atoms with Gasteiger partial charge in [0.25, 0.3) is 5.91 Å². The fourth-order valence-electron chi connectivity index (χ4n) is 1.90. The van der Waals surface area contributed by atoms with Crippen LogP contribution in [0, 0.1) is 6.92 Å². The maximum absolute atomic E-state index is 12.3. The van der Waals surface area contributed by atoms with Crippen LogP contribution in [0.4, 0.5) is 5.69 Å². The molecule has 0 saturated heterocycles. The zero-order chi connectivity index (χ0) is 13.7. The third-order valence-electron chi connectivity index (χ3n) is 2.96. The number of nitrogens with two attached hydrogens (primary N) is 1. The summed E-state index contributed by atoms with van der Waals surface area (Å²) in [6, 6.07) is 9.37. The van der Waals surface area contributed by atoms with Gasteiger partial charge in [0, 0.05) is 11.8 Å². The molecule has 0 bridgehead atoms. The van der Waals surface area contributed by atoms with Gasteiger partial charge in [-0.15, -0.1) is 0 Å². The van der Waals surface area contributed by atoms with Crippen LogP contribution in [0.15, 0.2) is 42.7 Å². The number of nitrogens with zero attached hydrogens (tertiary/aromatic N) is 1. The fourth-order valence-corrected chi connectivity index (χ4v) is 1.90. The fraction of sp³-hybridized carbons (Fsp3) is 0.200. The topological polar surface area (TPSA) is 68.0 Å². The molecule has 4 nitrogen and oxygen atoms in total. The monoisotopic (exact) mass is 255 g/mol. The summed E-state index contributed by atoms with van der Waals surface area (Å²) in [6.45, 7) is 2.46. The Morgan fingerprint density at radius 1 is 1.32 bits per heavy atom. The second kappa shape index (κ2) is 6.11. The average Bonchev–Trinajstić information content (AvgIpc) is 2.42. The first-order valence-corrected chi connectivity index (χ1v) is 6.22. The van der Waals surface area contributed by atoms with Crippen molar-refractivity contribution in [3.63, 3.8) is 0 Å². The molecule has 1 aromatic heterocycles. The van der Waals surface area contributed by atoms with E-state index in [2.05, 4.69) is 10.3 Å². The van der Waals surface area contributed by atoms with E-state index in [1.807, 2.05) is 37.3 Å². The molecular formula is C15H17N3O. The van der Waals surface area contributed by atoms with Gasteiger partial charge in [-0.25, -0.2) is 0 Å². The van der Waals surface area contributed by atoms with Crippen LogP contribution in [0.5, 0.6) is 0 Å². The summed E-state index contributed by atoms with van der Waals surface area (Å²) in [5.41, 5.74) is 8.91. The molecule has 0 aliphatic carbocycles. The summed E-state index contributed by atoms with van der Waals surface area (Å²) >= 11 is 0. The van der Waals surface area contributed by atoms with Gasteiger partial charge in [-0.05, 0) is 43.1 Å². The van der Waals surface area contributed by atoms with Crippen LogP contribution in [0.1, 0.15) is 21.5 Å². The van der Waals surface area contributed by atoms with E-state index < -0.39 is 0 Å². The first kappa shape index (κ1) is 13.2. The molecule has 2 aromatic rings. The number of amides is 1. The Bertz CT molecular complexity index is 581. The van der Waals surface area contributed by atoms with Crippen LogP contribution in [-0.2, 0) is 6.42 Å². The third kappa shape index (κ3) is 3.17. The Hall–Kier alpha value is -2.20. The number of carbonyl (C=O) groups is 1. The smallest absolute Gasteiger partial charge is 0.255 e. The molecule has 1 aromatic carbocycles. The number of carbonyl (C=O) groups excluding carboxylic acids is 1. The largest absolute Gasteiger partial charge is 0.330 e. The van der Waals surface area contributed by atoms with Crippen LogP contribution in [0.25, 0.3) is 0 Å². The van der Waals surface area contributed by atoms with Crippen molar-refractivity contribution < 1.29 is 4.79 Å². The number of nitrogens with one attached hydrogen (secondary N) is 1. The van der Waals surface area contributed by atoms with Crippen molar-refractivity contribution in [2.75, 3.05) is 11.9 Å². The van der Waals surface area contributed by atoms with Gasteiger partial charge in [0.05, 0.1) is 11.9 Å². The molecule has 1 amide bonds. The summed E-state index contributed by atoms with van der Waals surface area (Å²) in [5, 5.41) is 2.88. The van der Waals surface area contributed by atoms with E-state index in [-0.39, 0.29) is 5.91 Å². The lowest BCUT2D eigenvalue weighted by Gasteiger charge is -2.10. The number of benzene rings is 1. The molecule has 0 radical (unpaired) electrons. The van der Waals surface area contributed by atoms with Gasteiger partial charge in [-0.2, -0.15) is 0 Å². The lowest BCUT2D eigenvalue weighted by Crippen LogP contribution is -2.16. The first-order chi connectivity index (χ1) is 9.22. The minimum Gasteiger partial charge on any atom is -0.330 e. The molecule has 1 heterocycles. The highest BCUT2D eigenvalue weighted by atomic mass is 16.1. The molecule has 0 saturated carbocycles. The minimum absolute atomic E-state index is 0.125. The average molecular weight is 255 g/mol. The molecule has 0 unspecified atom stereocenters. The predicted molar refractivity (Wildman–Crippen MR) is 76.1 cm³/mol. The molecule has 3 N–H and O–H groups in total. The highest BCUT2D eigenvalue weighted by Gasteiger charge is 2.11. The van der Waals surface area contributed by atoms with Gasteiger partial charge in [0.2, 0.25) is 0 Å². The Labute approximate surface area is 112 Å². The van der Waals surface area contributed by atoms with Crippen LogP contribution < -0.4 is 11.1 Å². The maximum Gasteiger partial charge on any atom is 0.255 e. The van der Waals surface area contributed by atoms with Crippen LogP contribution in [0.3, 0.4) is 0 Å². The molecule has 0 atom stereocenters. The van der Waals surface area contributed by atoms with Crippen LogP contribution in [-0.4, -0.2) is 17.4 Å². The summed E-state index contributed by atoms with van der Waals surface area (Å²) in [7, 11) is 0. The molecular weight excluding hydrogens is 238 g/mol. The maximum atomic E-state index is 12.3. The van der Waals surface area contributed by atoms with Gasteiger partial charge in [0.15, 0.2) is 0 Å².